The maximum Gasteiger partial charge on any atom is 0.263 e. The van der Waals surface area contributed by atoms with Gasteiger partial charge in [-0.1, -0.05) is 56.3 Å². The third-order valence-electron chi connectivity index (χ3n) is 5.91. The van der Waals surface area contributed by atoms with Crippen LogP contribution in [0.15, 0.2) is 59.4 Å². The van der Waals surface area contributed by atoms with Crippen LogP contribution in [0.3, 0.4) is 0 Å². The molecule has 2 heterocycles. The first-order chi connectivity index (χ1) is 15.6. The summed E-state index contributed by atoms with van der Waals surface area (Å²) < 4.78 is 7.28. The molecule has 166 valence electrons. The van der Waals surface area contributed by atoms with Crippen LogP contribution in [0.2, 0.25) is 0 Å². The quantitative estimate of drug-likeness (QED) is 0.360. The first-order valence-corrected chi connectivity index (χ1v) is 11.8. The summed E-state index contributed by atoms with van der Waals surface area (Å²) in [4.78, 5) is 23.2. The first kappa shape index (κ1) is 22.2. The zero-order valence-electron chi connectivity index (χ0n) is 19.1. The normalized spacial score (nSPS) is 11.4. The van der Waals surface area contributed by atoms with Gasteiger partial charge in [0.25, 0.3) is 5.56 Å². The summed E-state index contributed by atoms with van der Waals surface area (Å²) in [5.41, 5.74) is 2.91. The van der Waals surface area contributed by atoms with Gasteiger partial charge in [-0.3, -0.25) is 9.36 Å². The van der Waals surface area contributed by atoms with Gasteiger partial charge in [-0.05, 0) is 37.7 Å². The highest BCUT2D eigenvalue weighted by atomic mass is 32.1. The van der Waals surface area contributed by atoms with Crippen LogP contribution >= 0.6 is 11.3 Å². The van der Waals surface area contributed by atoms with Gasteiger partial charge in [-0.15, -0.1) is 11.3 Å². The van der Waals surface area contributed by atoms with Gasteiger partial charge in [0.15, 0.2) is 0 Å². The van der Waals surface area contributed by atoms with E-state index in [0.29, 0.717) is 11.9 Å². The summed E-state index contributed by atoms with van der Waals surface area (Å²) in [6, 6.07) is 17.9. The molecule has 0 fully saturated rings. The molecule has 32 heavy (non-hydrogen) atoms. The minimum Gasteiger partial charge on any atom is -0.497 e. The van der Waals surface area contributed by atoms with Crippen molar-refractivity contribution in [3.05, 3.63) is 69.8 Å². The topological polar surface area (TPSA) is 47.4 Å². The highest BCUT2D eigenvalue weighted by Gasteiger charge is 2.21. The average Bonchev–Trinajstić information content (AvgIpc) is 3.17. The number of nitrogens with zero attached hydrogens (tertiary/aromatic N) is 3. The predicted octanol–water partition coefficient (Wildman–Crippen LogP) is 5.45. The Kier molecular flexibility index (Phi) is 6.72. The lowest BCUT2D eigenvalue weighted by Gasteiger charge is -2.20. The fourth-order valence-electron chi connectivity index (χ4n) is 4.12. The number of aromatic nitrogens is 2. The van der Waals surface area contributed by atoms with Gasteiger partial charge < -0.3 is 9.64 Å². The minimum atomic E-state index is 0.0168. The molecule has 2 aromatic heterocycles. The molecule has 0 aliphatic heterocycles. The van der Waals surface area contributed by atoms with Gasteiger partial charge in [-0.25, -0.2) is 4.98 Å². The molecule has 4 rings (SSSR count). The van der Waals surface area contributed by atoms with Crippen molar-refractivity contribution in [2.45, 2.75) is 27.3 Å². The maximum atomic E-state index is 14.0. The van der Waals surface area contributed by atoms with Gasteiger partial charge in [0.05, 0.1) is 12.5 Å². The molecule has 0 aliphatic rings. The Morgan fingerprint density at radius 3 is 2.44 bits per heavy atom. The van der Waals surface area contributed by atoms with Crippen molar-refractivity contribution in [1.29, 1.82) is 0 Å². The molecule has 0 saturated heterocycles. The Balaban J connectivity index is 1.95. The molecule has 0 atom stereocenters. The van der Waals surface area contributed by atoms with Crippen LogP contribution in [0, 0.1) is 6.92 Å². The summed E-state index contributed by atoms with van der Waals surface area (Å²) in [6.07, 6.45) is 0. The summed E-state index contributed by atoms with van der Waals surface area (Å²) in [5.74, 6) is 1.51. The third kappa shape index (κ3) is 4.20. The van der Waals surface area contributed by atoms with Gasteiger partial charge in [0.1, 0.15) is 16.4 Å². The summed E-state index contributed by atoms with van der Waals surface area (Å²) in [6.45, 7) is 9.66. The number of fused-ring (bicyclic) bond motifs is 1. The molecule has 0 saturated carbocycles. The Bertz CT molecular complexity index is 1270. The molecule has 4 aromatic rings. The van der Waals surface area contributed by atoms with Crippen molar-refractivity contribution in [2.24, 2.45) is 0 Å². The summed E-state index contributed by atoms with van der Waals surface area (Å²) in [5, 5.41) is 0.694. The molecule has 5 nitrogen and oxygen atoms in total. The van der Waals surface area contributed by atoms with E-state index in [1.807, 2.05) is 59.2 Å². The van der Waals surface area contributed by atoms with E-state index in [1.54, 1.807) is 18.4 Å². The van der Waals surface area contributed by atoms with Crippen LogP contribution < -0.4 is 10.3 Å². The zero-order chi connectivity index (χ0) is 22.7. The number of likely N-dealkylation sites (N-methyl/N-ethyl adjacent to an activating group) is 1. The lowest BCUT2D eigenvalue weighted by Crippen LogP contribution is -2.32. The molecule has 2 aromatic carbocycles. The number of hydrogen-bond acceptors (Lipinski definition) is 5. The van der Waals surface area contributed by atoms with Crippen LogP contribution in [-0.2, 0) is 6.54 Å². The second-order valence-corrected chi connectivity index (χ2v) is 8.93. The van der Waals surface area contributed by atoms with Gasteiger partial charge >= 0.3 is 0 Å². The number of methoxy groups -OCH3 is 1. The highest BCUT2D eigenvalue weighted by molar-refractivity contribution is 7.19. The molecule has 0 spiro atoms. The van der Waals surface area contributed by atoms with Crippen molar-refractivity contribution in [2.75, 3.05) is 26.7 Å². The van der Waals surface area contributed by atoms with E-state index in [2.05, 4.69) is 25.7 Å². The van der Waals surface area contributed by atoms with E-state index in [4.69, 9.17) is 9.72 Å². The van der Waals surface area contributed by atoms with Gasteiger partial charge in [0, 0.05) is 29.1 Å². The largest absolute Gasteiger partial charge is 0.497 e. The summed E-state index contributed by atoms with van der Waals surface area (Å²) >= 11 is 1.58. The van der Waals surface area contributed by atoms with Crippen LogP contribution in [0.4, 0.5) is 0 Å². The molecule has 0 unspecified atom stereocenters. The Morgan fingerprint density at radius 1 is 1.03 bits per heavy atom. The van der Waals surface area contributed by atoms with Crippen molar-refractivity contribution in [3.8, 4) is 28.3 Å². The minimum absolute atomic E-state index is 0.0168. The van der Waals surface area contributed by atoms with Crippen molar-refractivity contribution < 1.29 is 4.74 Å². The highest BCUT2D eigenvalue weighted by Crippen LogP contribution is 2.37. The number of benzene rings is 2. The van der Waals surface area contributed by atoms with Crippen LogP contribution in [0.5, 0.6) is 5.75 Å². The van der Waals surface area contributed by atoms with Gasteiger partial charge in [-0.2, -0.15) is 0 Å². The molecular formula is C26H29N3O2S. The average molecular weight is 448 g/mol. The van der Waals surface area contributed by atoms with Crippen LogP contribution in [0.1, 0.15) is 18.7 Å². The third-order valence-corrected chi connectivity index (χ3v) is 6.91. The second-order valence-electron chi connectivity index (χ2n) is 7.73. The SMILES string of the molecule is CCN(CC)CCn1c(-c2ccccc2)nc2sc(C)c(-c3cccc(OC)c3)c2c1=O. The second kappa shape index (κ2) is 9.67. The van der Waals surface area contributed by atoms with E-state index in [1.165, 1.54) is 0 Å². The van der Waals surface area contributed by atoms with Crippen molar-refractivity contribution in [1.82, 2.24) is 14.5 Å². The molecule has 0 radical (unpaired) electrons. The number of thiophene rings is 1. The molecule has 0 aliphatic carbocycles. The van der Waals surface area contributed by atoms with Crippen LogP contribution in [0.25, 0.3) is 32.7 Å². The Labute approximate surface area is 192 Å². The standard InChI is InChI=1S/C26H29N3O2S/c1-5-28(6-2)15-16-29-24(19-11-8-7-9-12-19)27-25-23(26(29)30)22(18(3)32-25)20-13-10-14-21(17-20)31-4/h7-14,17H,5-6,15-16H2,1-4H3. The van der Waals surface area contributed by atoms with E-state index in [0.717, 1.165) is 57.6 Å². The number of rotatable bonds is 8. The van der Waals surface area contributed by atoms with Gasteiger partial charge in [0.2, 0.25) is 0 Å². The molecular weight excluding hydrogens is 418 g/mol. The lowest BCUT2D eigenvalue weighted by atomic mass is 10.0. The van der Waals surface area contributed by atoms with Crippen molar-refractivity contribution in [3.63, 3.8) is 0 Å². The van der Waals surface area contributed by atoms with E-state index in [9.17, 15) is 4.79 Å². The fraction of sp³-hybridized carbons (Fsp3) is 0.308. The van der Waals surface area contributed by atoms with E-state index < -0.39 is 0 Å². The monoisotopic (exact) mass is 447 g/mol. The fourth-order valence-corrected chi connectivity index (χ4v) is 5.15. The van der Waals surface area contributed by atoms with Crippen LogP contribution in [-0.4, -0.2) is 41.2 Å². The van der Waals surface area contributed by atoms with E-state index in [-0.39, 0.29) is 5.56 Å². The zero-order valence-corrected chi connectivity index (χ0v) is 19.9. The first-order valence-electron chi connectivity index (χ1n) is 11.0. The van der Waals surface area contributed by atoms with E-state index >= 15 is 0 Å². The molecule has 0 bridgehead atoms. The predicted molar refractivity (Wildman–Crippen MR) is 134 cm³/mol. The number of ether oxygens (including phenoxy) is 1. The Morgan fingerprint density at radius 2 is 1.75 bits per heavy atom. The molecule has 0 amide bonds. The summed E-state index contributed by atoms with van der Waals surface area (Å²) in [7, 11) is 1.66. The Hall–Kier alpha value is -2.96. The van der Waals surface area contributed by atoms with Crippen molar-refractivity contribution >= 4 is 21.6 Å². The number of aryl methyl sites for hydroxylation is 1. The smallest absolute Gasteiger partial charge is 0.263 e. The number of hydrogen-bond donors (Lipinski definition) is 0. The lowest BCUT2D eigenvalue weighted by molar-refractivity contribution is 0.289. The molecule has 0 N–H and O–H groups in total. The molecule has 6 heteroatoms. The maximum absolute atomic E-state index is 14.0.